The van der Waals surface area contributed by atoms with Crippen molar-refractivity contribution < 1.29 is 9.53 Å². The van der Waals surface area contributed by atoms with Gasteiger partial charge in [-0.05, 0) is 42.6 Å². The molecule has 25 heavy (non-hydrogen) atoms. The minimum absolute atomic E-state index is 0.0202. The molecule has 2 N–H and O–H groups in total. The molecular formula is C19H24N4O2. The van der Waals surface area contributed by atoms with Crippen molar-refractivity contribution in [3.05, 3.63) is 47.3 Å². The molecule has 1 amide bonds. The number of amides is 1. The van der Waals surface area contributed by atoms with E-state index in [-0.39, 0.29) is 12.5 Å². The Labute approximate surface area is 147 Å². The number of ether oxygens (including phenoxy) is 1. The summed E-state index contributed by atoms with van der Waals surface area (Å²) in [5, 5.41) is 11.0. The zero-order valence-electron chi connectivity index (χ0n) is 14.3. The highest BCUT2D eigenvalue weighted by Gasteiger charge is 2.18. The normalized spacial score (nSPS) is 19.3. The zero-order valence-corrected chi connectivity index (χ0v) is 14.3. The first-order chi connectivity index (χ1) is 12.3. The number of carbonyl (C=O) groups is 1. The third kappa shape index (κ3) is 3.85. The summed E-state index contributed by atoms with van der Waals surface area (Å²) < 4.78 is 7.24. The van der Waals surface area contributed by atoms with Gasteiger partial charge in [0.2, 0.25) is 5.91 Å². The fourth-order valence-corrected chi connectivity index (χ4v) is 3.54. The number of nitrogens with zero attached hydrogens (tertiary/aromatic N) is 2. The van der Waals surface area contributed by atoms with Gasteiger partial charge < -0.3 is 15.4 Å². The summed E-state index contributed by atoms with van der Waals surface area (Å²) in [5.74, 6) is 1.41. The molecule has 0 saturated carbocycles. The van der Waals surface area contributed by atoms with Crippen molar-refractivity contribution in [1.29, 1.82) is 0 Å². The number of fused-ring (bicyclic) bond motifs is 1. The van der Waals surface area contributed by atoms with Crippen LogP contribution in [-0.4, -0.2) is 35.4 Å². The third-order valence-corrected chi connectivity index (χ3v) is 4.93. The molecule has 1 unspecified atom stereocenters. The summed E-state index contributed by atoms with van der Waals surface area (Å²) >= 11 is 0. The van der Waals surface area contributed by atoms with Gasteiger partial charge in [0.05, 0.1) is 12.3 Å². The Morgan fingerprint density at radius 1 is 1.40 bits per heavy atom. The van der Waals surface area contributed by atoms with Crippen molar-refractivity contribution in [2.45, 2.75) is 38.3 Å². The molecule has 2 aromatic rings. The van der Waals surface area contributed by atoms with Crippen LogP contribution in [0.15, 0.2) is 30.5 Å². The minimum Gasteiger partial charge on any atom is -0.493 e. The van der Waals surface area contributed by atoms with Crippen LogP contribution in [0.4, 0.5) is 0 Å². The van der Waals surface area contributed by atoms with E-state index in [9.17, 15) is 4.79 Å². The summed E-state index contributed by atoms with van der Waals surface area (Å²) in [4.78, 5) is 12.2. The van der Waals surface area contributed by atoms with E-state index in [0.29, 0.717) is 12.5 Å². The molecule has 1 saturated heterocycles. The monoisotopic (exact) mass is 340 g/mol. The van der Waals surface area contributed by atoms with Crippen LogP contribution in [0, 0.1) is 0 Å². The van der Waals surface area contributed by atoms with Crippen LogP contribution in [0.1, 0.15) is 35.6 Å². The van der Waals surface area contributed by atoms with Crippen molar-refractivity contribution in [3.8, 4) is 5.75 Å². The standard InChI is InChI=1S/C19H24N4O2/c24-19(21-11-14-3-4-18-15(10-14)6-9-25-18)13-23-8-5-17(22-23)16-2-1-7-20-12-16/h3-5,8,10,16,20H,1-2,6-7,9,11-13H2,(H,21,24). The molecule has 6 heteroatoms. The first-order valence-electron chi connectivity index (χ1n) is 9.03. The molecule has 0 aliphatic carbocycles. The van der Waals surface area contributed by atoms with Gasteiger partial charge in [-0.15, -0.1) is 0 Å². The molecule has 6 nitrogen and oxygen atoms in total. The number of piperidine rings is 1. The third-order valence-electron chi connectivity index (χ3n) is 4.93. The molecule has 1 atom stereocenters. The Morgan fingerprint density at radius 3 is 3.24 bits per heavy atom. The topological polar surface area (TPSA) is 68.2 Å². The predicted molar refractivity (Wildman–Crippen MR) is 94.6 cm³/mol. The Bertz CT molecular complexity index is 750. The van der Waals surface area contributed by atoms with Crippen LogP contribution in [0.2, 0.25) is 0 Å². The number of aromatic nitrogens is 2. The fourth-order valence-electron chi connectivity index (χ4n) is 3.54. The first-order valence-corrected chi connectivity index (χ1v) is 9.03. The molecule has 0 radical (unpaired) electrons. The quantitative estimate of drug-likeness (QED) is 0.868. The van der Waals surface area contributed by atoms with Crippen LogP contribution in [0.5, 0.6) is 5.75 Å². The van der Waals surface area contributed by atoms with Crippen LogP contribution < -0.4 is 15.4 Å². The lowest BCUT2D eigenvalue weighted by molar-refractivity contribution is -0.122. The highest BCUT2D eigenvalue weighted by atomic mass is 16.5. The fraction of sp³-hybridized carbons (Fsp3) is 0.474. The zero-order chi connectivity index (χ0) is 17.1. The van der Waals surface area contributed by atoms with Crippen LogP contribution in [0.3, 0.4) is 0 Å². The summed E-state index contributed by atoms with van der Waals surface area (Å²) in [6.45, 7) is 3.62. The van der Waals surface area contributed by atoms with Gasteiger partial charge in [-0.2, -0.15) is 5.10 Å². The summed E-state index contributed by atoms with van der Waals surface area (Å²) in [5.41, 5.74) is 3.41. The van der Waals surface area contributed by atoms with Crippen molar-refractivity contribution in [2.24, 2.45) is 0 Å². The molecule has 3 heterocycles. The molecule has 2 aliphatic rings. The van der Waals surface area contributed by atoms with E-state index in [2.05, 4.69) is 21.8 Å². The Hall–Kier alpha value is -2.34. The number of benzene rings is 1. The average molecular weight is 340 g/mol. The molecule has 132 valence electrons. The molecule has 1 aromatic carbocycles. The number of hydrogen-bond acceptors (Lipinski definition) is 4. The second-order valence-electron chi connectivity index (χ2n) is 6.80. The van der Waals surface area contributed by atoms with Crippen LogP contribution in [-0.2, 0) is 24.3 Å². The van der Waals surface area contributed by atoms with E-state index in [1.807, 2.05) is 24.4 Å². The van der Waals surface area contributed by atoms with Gasteiger partial charge in [-0.3, -0.25) is 9.48 Å². The second kappa shape index (κ2) is 7.27. The SMILES string of the molecule is O=C(Cn1ccc(C2CCCNC2)n1)NCc1ccc2c(c1)CCO2. The highest BCUT2D eigenvalue weighted by Crippen LogP contribution is 2.25. The Morgan fingerprint density at radius 2 is 2.36 bits per heavy atom. The van der Waals surface area contributed by atoms with E-state index in [1.54, 1.807) is 4.68 Å². The average Bonchev–Trinajstić information content (AvgIpc) is 3.29. The molecule has 4 rings (SSSR count). The summed E-state index contributed by atoms with van der Waals surface area (Å²) in [6, 6.07) is 8.14. The lowest BCUT2D eigenvalue weighted by Crippen LogP contribution is -2.29. The van der Waals surface area contributed by atoms with Gasteiger partial charge in [0, 0.05) is 31.6 Å². The summed E-state index contributed by atoms with van der Waals surface area (Å²) in [7, 11) is 0. The van der Waals surface area contributed by atoms with E-state index in [0.717, 1.165) is 49.5 Å². The molecule has 1 aromatic heterocycles. The molecule has 1 fully saturated rings. The maximum atomic E-state index is 12.2. The van der Waals surface area contributed by atoms with E-state index in [1.165, 1.54) is 12.0 Å². The van der Waals surface area contributed by atoms with Gasteiger partial charge in [-0.25, -0.2) is 0 Å². The molecule has 0 spiro atoms. The van der Waals surface area contributed by atoms with Crippen molar-refractivity contribution in [2.75, 3.05) is 19.7 Å². The largest absolute Gasteiger partial charge is 0.493 e. The van der Waals surface area contributed by atoms with E-state index >= 15 is 0 Å². The first kappa shape index (κ1) is 16.1. The lowest BCUT2D eigenvalue weighted by atomic mass is 9.97. The van der Waals surface area contributed by atoms with Gasteiger partial charge >= 0.3 is 0 Å². The number of rotatable bonds is 5. The molecular weight excluding hydrogens is 316 g/mol. The van der Waals surface area contributed by atoms with Crippen molar-refractivity contribution >= 4 is 5.91 Å². The molecule has 0 bridgehead atoms. The number of carbonyl (C=O) groups excluding carboxylic acids is 1. The highest BCUT2D eigenvalue weighted by molar-refractivity contribution is 5.75. The smallest absolute Gasteiger partial charge is 0.241 e. The number of nitrogens with one attached hydrogen (secondary N) is 2. The Kier molecular flexibility index (Phi) is 4.70. The number of hydrogen-bond donors (Lipinski definition) is 2. The van der Waals surface area contributed by atoms with Crippen molar-refractivity contribution in [3.63, 3.8) is 0 Å². The lowest BCUT2D eigenvalue weighted by Gasteiger charge is -2.20. The van der Waals surface area contributed by atoms with Gasteiger partial charge in [-0.1, -0.05) is 12.1 Å². The van der Waals surface area contributed by atoms with Crippen LogP contribution >= 0.6 is 0 Å². The van der Waals surface area contributed by atoms with Crippen molar-refractivity contribution in [1.82, 2.24) is 20.4 Å². The maximum absolute atomic E-state index is 12.2. The predicted octanol–water partition coefficient (Wildman–Crippen LogP) is 1.60. The maximum Gasteiger partial charge on any atom is 0.241 e. The Balaban J connectivity index is 1.29. The van der Waals surface area contributed by atoms with Gasteiger partial charge in [0.25, 0.3) is 0 Å². The summed E-state index contributed by atoms with van der Waals surface area (Å²) in [6.07, 6.45) is 5.20. The minimum atomic E-state index is -0.0202. The van der Waals surface area contributed by atoms with Crippen LogP contribution in [0.25, 0.3) is 0 Å². The van der Waals surface area contributed by atoms with Gasteiger partial charge in [0.15, 0.2) is 0 Å². The van der Waals surface area contributed by atoms with Gasteiger partial charge in [0.1, 0.15) is 12.3 Å². The second-order valence-corrected chi connectivity index (χ2v) is 6.80. The van der Waals surface area contributed by atoms with E-state index in [4.69, 9.17) is 4.74 Å². The van der Waals surface area contributed by atoms with E-state index < -0.39 is 0 Å². The molecule has 2 aliphatic heterocycles.